The maximum absolute atomic E-state index is 12.3. The molecule has 0 aliphatic carbocycles. The molecule has 104 valence electrons. The van der Waals surface area contributed by atoms with Crippen LogP contribution in [0.2, 0.25) is 10.0 Å². The number of amides is 1. The van der Waals surface area contributed by atoms with Gasteiger partial charge in [0.15, 0.2) is 0 Å². The number of ether oxygens (including phenoxy) is 1. The van der Waals surface area contributed by atoms with Crippen LogP contribution < -0.4 is 0 Å². The molecule has 0 saturated heterocycles. The summed E-state index contributed by atoms with van der Waals surface area (Å²) in [6, 6.07) is 4.22. The largest absolute Gasteiger partial charge is 0.465 e. The van der Waals surface area contributed by atoms with Crippen molar-refractivity contribution >= 4 is 35.1 Å². The molecule has 1 amide bonds. The van der Waals surface area contributed by atoms with Crippen molar-refractivity contribution in [3.63, 3.8) is 0 Å². The van der Waals surface area contributed by atoms with Crippen LogP contribution in [0.1, 0.15) is 28.9 Å². The summed E-state index contributed by atoms with van der Waals surface area (Å²) in [5.41, 5.74) is 0.631. The first kappa shape index (κ1) is 14.6. The van der Waals surface area contributed by atoms with Gasteiger partial charge in [-0.2, -0.15) is 5.26 Å². The van der Waals surface area contributed by atoms with Crippen molar-refractivity contribution in [3.8, 4) is 6.07 Å². The molecule has 0 saturated carbocycles. The third-order valence-electron chi connectivity index (χ3n) is 2.94. The van der Waals surface area contributed by atoms with Crippen LogP contribution in [0, 0.1) is 11.3 Å². The molecule has 0 bridgehead atoms. The number of nitriles is 1. The van der Waals surface area contributed by atoms with Gasteiger partial charge in [0, 0.05) is 5.56 Å². The van der Waals surface area contributed by atoms with Crippen molar-refractivity contribution < 1.29 is 14.3 Å². The zero-order valence-electron chi connectivity index (χ0n) is 10.5. The first-order chi connectivity index (χ1) is 9.51. The lowest BCUT2D eigenvalue weighted by Crippen LogP contribution is -2.33. The standard InChI is InChI=1S/C13H10Cl2N2O3/c1-2-20-10(18)6-17-9(5-16)7-3-4-8(14)12(15)11(7)13(17)19/h3-4,9H,2,6H2,1H3. The number of esters is 1. The Balaban J connectivity index is 2.40. The van der Waals surface area contributed by atoms with Crippen molar-refractivity contribution in [2.75, 3.05) is 13.2 Å². The van der Waals surface area contributed by atoms with Crippen LogP contribution in [0.25, 0.3) is 0 Å². The van der Waals surface area contributed by atoms with Gasteiger partial charge >= 0.3 is 5.97 Å². The lowest BCUT2D eigenvalue weighted by Gasteiger charge is -2.18. The summed E-state index contributed by atoms with van der Waals surface area (Å²) in [6.45, 7) is 1.57. The normalized spacial score (nSPS) is 16.8. The van der Waals surface area contributed by atoms with E-state index in [2.05, 4.69) is 0 Å². The van der Waals surface area contributed by atoms with E-state index >= 15 is 0 Å². The van der Waals surface area contributed by atoms with Crippen LogP contribution in [0.4, 0.5) is 0 Å². The minimum Gasteiger partial charge on any atom is -0.465 e. The van der Waals surface area contributed by atoms with Gasteiger partial charge in [0.05, 0.1) is 28.3 Å². The van der Waals surface area contributed by atoms with E-state index in [-0.39, 0.29) is 28.8 Å². The summed E-state index contributed by atoms with van der Waals surface area (Å²) in [7, 11) is 0. The molecule has 1 unspecified atom stereocenters. The maximum Gasteiger partial charge on any atom is 0.325 e. The zero-order valence-corrected chi connectivity index (χ0v) is 12.0. The van der Waals surface area contributed by atoms with Crippen LogP contribution in [-0.4, -0.2) is 29.9 Å². The average molecular weight is 313 g/mol. The summed E-state index contributed by atoms with van der Waals surface area (Å²) in [6.07, 6.45) is 0. The van der Waals surface area contributed by atoms with Gasteiger partial charge in [-0.15, -0.1) is 0 Å². The molecule has 1 aromatic carbocycles. The predicted molar refractivity (Wildman–Crippen MR) is 72.5 cm³/mol. The summed E-state index contributed by atoms with van der Waals surface area (Å²) in [4.78, 5) is 25.0. The van der Waals surface area contributed by atoms with Gasteiger partial charge in [0.25, 0.3) is 5.91 Å². The third-order valence-corrected chi connectivity index (χ3v) is 3.74. The van der Waals surface area contributed by atoms with Crippen LogP contribution in [0.15, 0.2) is 12.1 Å². The van der Waals surface area contributed by atoms with Crippen LogP contribution in [-0.2, 0) is 9.53 Å². The van der Waals surface area contributed by atoms with E-state index in [1.54, 1.807) is 13.0 Å². The van der Waals surface area contributed by atoms with Gasteiger partial charge in [-0.25, -0.2) is 0 Å². The fraction of sp³-hybridized carbons (Fsp3) is 0.308. The number of carbonyl (C=O) groups excluding carboxylic acids is 2. The molecule has 1 atom stereocenters. The second kappa shape index (κ2) is 5.70. The lowest BCUT2D eigenvalue weighted by molar-refractivity contribution is -0.144. The van der Waals surface area contributed by atoms with E-state index in [4.69, 9.17) is 27.9 Å². The highest BCUT2D eigenvalue weighted by Crippen LogP contribution is 2.39. The number of halogens is 2. The molecule has 0 spiro atoms. The van der Waals surface area contributed by atoms with Gasteiger partial charge in [0.2, 0.25) is 0 Å². The number of hydrogen-bond donors (Lipinski definition) is 0. The second-order valence-corrected chi connectivity index (χ2v) is 4.88. The van der Waals surface area contributed by atoms with Crippen molar-refractivity contribution in [2.45, 2.75) is 13.0 Å². The van der Waals surface area contributed by atoms with E-state index in [0.717, 1.165) is 4.90 Å². The first-order valence-electron chi connectivity index (χ1n) is 5.85. The molecule has 1 aliphatic heterocycles. The Morgan fingerprint density at radius 3 is 2.80 bits per heavy atom. The van der Waals surface area contributed by atoms with Gasteiger partial charge in [-0.3, -0.25) is 9.59 Å². The number of fused-ring (bicyclic) bond motifs is 1. The summed E-state index contributed by atoms with van der Waals surface area (Å²) >= 11 is 11.9. The summed E-state index contributed by atoms with van der Waals surface area (Å²) < 4.78 is 4.80. The maximum atomic E-state index is 12.3. The molecule has 1 heterocycles. The number of carbonyl (C=O) groups is 2. The van der Waals surface area contributed by atoms with E-state index in [0.29, 0.717) is 5.56 Å². The molecule has 1 aliphatic rings. The van der Waals surface area contributed by atoms with Crippen LogP contribution >= 0.6 is 23.2 Å². The molecule has 2 rings (SSSR count). The molecule has 0 fully saturated rings. The van der Waals surface area contributed by atoms with E-state index < -0.39 is 17.9 Å². The van der Waals surface area contributed by atoms with Crippen LogP contribution in [0.5, 0.6) is 0 Å². The van der Waals surface area contributed by atoms with E-state index in [9.17, 15) is 14.9 Å². The highest BCUT2D eigenvalue weighted by atomic mass is 35.5. The van der Waals surface area contributed by atoms with E-state index in [1.807, 2.05) is 6.07 Å². The smallest absolute Gasteiger partial charge is 0.325 e. The fourth-order valence-corrected chi connectivity index (χ4v) is 2.50. The summed E-state index contributed by atoms with van der Waals surface area (Å²) in [5.74, 6) is -1.07. The van der Waals surface area contributed by atoms with Gasteiger partial charge in [-0.1, -0.05) is 29.3 Å². The molecule has 5 nitrogen and oxygen atoms in total. The van der Waals surface area contributed by atoms with Gasteiger partial charge in [0.1, 0.15) is 12.6 Å². The van der Waals surface area contributed by atoms with E-state index in [1.165, 1.54) is 6.07 Å². The molecule has 0 N–H and O–H groups in total. The van der Waals surface area contributed by atoms with Crippen LogP contribution in [0.3, 0.4) is 0 Å². The predicted octanol–water partition coefficient (Wildman–Crippen LogP) is 2.58. The molecule has 1 aromatic rings. The summed E-state index contributed by atoms with van der Waals surface area (Å²) in [5, 5.41) is 9.56. The molecule has 0 radical (unpaired) electrons. The Morgan fingerprint density at radius 2 is 2.20 bits per heavy atom. The average Bonchev–Trinajstić information content (AvgIpc) is 2.67. The third kappa shape index (κ3) is 2.33. The first-order valence-corrected chi connectivity index (χ1v) is 6.61. The lowest BCUT2D eigenvalue weighted by atomic mass is 10.1. The Kier molecular flexibility index (Phi) is 4.17. The number of benzene rings is 1. The minimum atomic E-state index is -0.864. The Hall–Kier alpha value is -1.77. The Labute approximate surface area is 125 Å². The highest BCUT2D eigenvalue weighted by molar-refractivity contribution is 6.44. The van der Waals surface area contributed by atoms with Crippen molar-refractivity contribution in [1.29, 1.82) is 5.26 Å². The van der Waals surface area contributed by atoms with Crippen molar-refractivity contribution in [2.24, 2.45) is 0 Å². The number of nitrogens with zero attached hydrogens (tertiary/aromatic N) is 2. The minimum absolute atomic E-state index is 0.0979. The number of hydrogen-bond acceptors (Lipinski definition) is 4. The van der Waals surface area contributed by atoms with Crippen molar-refractivity contribution in [3.05, 3.63) is 33.3 Å². The van der Waals surface area contributed by atoms with Gasteiger partial charge < -0.3 is 9.64 Å². The van der Waals surface area contributed by atoms with Gasteiger partial charge in [-0.05, 0) is 13.0 Å². The topological polar surface area (TPSA) is 70.4 Å². The van der Waals surface area contributed by atoms with Crippen molar-refractivity contribution in [1.82, 2.24) is 4.90 Å². The zero-order chi connectivity index (χ0) is 14.9. The quantitative estimate of drug-likeness (QED) is 0.804. The Bertz CT molecular complexity index is 625. The molecule has 0 aromatic heterocycles. The SMILES string of the molecule is CCOC(=O)CN1C(=O)c2c(ccc(Cl)c2Cl)C1C#N. The molecular weight excluding hydrogens is 303 g/mol. The number of rotatable bonds is 3. The second-order valence-electron chi connectivity index (χ2n) is 4.10. The monoisotopic (exact) mass is 312 g/mol. The highest BCUT2D eigenvalue weighted by Gasteiger charge is 2.40. The molecule has 7 heteroatoms. The molecule has 20 heavy (non-hydrogen) atoms. The fourth-order valence-electron chi connectivity index (χ4n) is 2.09. The Morgan fingerprint density at radius 1 is 1.50 bits per heavy atom. The molecular formula is C13H10Cl2N2O3.